The summed E-state index contributed by atoms with van der Waals surface area (Å²) in [5.74, 6) is 1.23. The second-order valence-corrected chi connectivity index (χ2v) is 6.43. The van der Waals surface area contributed by atoms with Gasteiger partial charge in [0.2, 0.25) is 0 Å². The van der Waals surface area contributed by atoms with Crippen LogP contribution in [0.1, 0.15) is 20.8 Å². The Hall–Kier alpha value is -0.630. The third-order valence-corrected chi connectivity index (χ3v) is 3.99. The smallest absolute Gasteiger partial charge is 0.397 e. The Morgan fingerprint density at radius 1 is 1.12 bits per heavy atom. The molecule has 94 valence electrons. The van der Waals surface area contributed by atoms with Crippen molar-refractivity contribution in [1.29, 1.82) is 0 Å². The molecular weight excluding hydrogens is 235 g/mol. The third-order valence-electron chi connectivity index (χ3n) is 2.91. The van der Waals surface area contributed by atoms with Crippen LogP contribution in [0.4, 0.5) is 0 Å². The van der Waals surface area contributed by atoms with Gasteiger partial charge >= 0.3 is 8.60 Å². The molecule has 0 spiro atoms. The lowest BCUT2D eigenvalue weighted by molar-refractivity contribution is 0.0367. The van der Waals surface area contributed by atoms with Gasteiger partial charge in [-0.3, -0.25) is 0 Å². The third kappa shape index (κ3) is 3.67. The fourth-order valence-electron chi connectivity index (χ4n) is 1.51. The van der Waals surface area contributed by atoms with E-state index in [1.807, 2.05) is 30.3 Å². The van der Waals surface area contributed by atoms with E-state index in [1.54, 1.807) is 0 Å². The predicted octanol–water partition coefficient (Wildman–Crippen LogP) is 4.00. The lowest BCUT2D eigenvalue weighted by atomic mass is 9.82. The van der Waals surface area contributed by atoms with Crippen LogP contribution in [0.3, 0.4) is 0 Å². The first-order valence-corrected chi connectivity index (χ1v) is 6.94. The maximum atomic E-state index is 5.64. The van der Waals surface area contributed by atoms with Crippen LogP contribution in [0.2, 0.25) is 0 Å². The van der Waals surface area contributed by atoms with E-state index in [4.69, 9.17) is 13.6 Å². The van der Waals surface area contributed by atoms with Crippen molar-refractivity contribution < 1.29 is 13.6 Å². The van der Waals surface area contributed by atoms with Crippen LogP contribution in [0, 0.1) is 11.3 Å². The molecule has 17 heavy (non-hydrogen) atoms. The molecule has 0 radical (unpaired) electrons. The van der Waals surface area contributed by atoms with Crippen molar-refractivity contribution in [3.8, 4) is 5.75 Å². The van der Waals surface area contributed by atoms with E-state index in [0.29, 0.717) is 19.1 Å². The van der Waals surface area contributed by atoms with E-state index in [0.717, 1.165) is 5.75 Å². The molecule has 0 saturated carbocycles. The van der Waals surface area contributed by atoms with Crippen molar-refractivity contribution in [1.82, 2.24) is 0 Å². The van der Waals surface area contributed by atoms with Gasteiger partial charge < -0.3 is 13.6 Å². The van der Waals surface area contributed by atoms with Crippen LogP contribution < -0.4 is 4.52 Å². The SMILES string of the molecule is CC(C)(C)C1COP(Oc2ccccc2)OC1. The number of rotatable bonds is 2. The van der Waals surface area contributed by atoms with Gasteiger partial charge in [0.05, 0.1) is 13.2 Å². The van der Waals surface area contributed by atoms with Crippen LogP contribution >= 0.6 is 8.60 Å². The number of para-hydroxylation sites is 1. The fourth-order valence-corrected chi connectivity index (χ4v) is 2.58. The molecule has 0 bridgehead atoms. The van der Waals surface area contributed by atoms with E-state index >= 15 is 0 Å². The van der Waals surface area contributed by atoms with Crippen molar-refractivity contribution in [3.63, 3.8) is 0 Å². The average molecular weight is 254 g/mol. The summed E-state index contributed by atoms with van der Waals surface area (Å²) in [5, 5.41) is 0. The molecule has 1 saturated heterocycles. The monoisotopic (exact) mass is 254 g/mol. The zero-order valence-electron chi connectivity index (χ0n) is 10.6. The van der Waals surface area contributed by atoms with Crippen LogP contribution in [0.25, 0.3) is 0 Å². The Morgan fingerprint density at radius 3 is 2.24 bits per heavy atom. The van der Waals surface area contributed by atoms with E-state index in [-0.39, 0.29) is 5.41 Å². The standard InChI is InChI=1S/C13H19O3P/c1-13(2,3)11-9-14-17(15-10-11)16-12-7-5-4-6-8-12/h4-8,11H,9-10H2,1-3H3. The van der Waals surface area contributed by atoms with Gasteiger partial charge in [0, 0.05) is 5.92 Å². The van der Waals surface area contributed by atoms with Gasteiger partial charge in [-0.15, -0.1) is 0 Å². The summed E-state index contributed by atoms with van der Waals surface area (Å²) in [4.78, 5) is 0. The Kier molecular flexibility index (Phi) is 4.03. The lowest BCUT2D eigenvalue weighted by Gasteiger charge is -2.35. The number of hydrogen-bond donors (Lipinski definition) is 0. The highest BCUT2D eigenvalue weighted by Gasteiger charge is 2.33. The molecule has 1 fully saturated rings. The van der Waals surface area contributed by atoms with Gasteiger partial charge in [-0.25, -0.2) is 0 Å². The highest BCUT2D eigenvalue weighted by Crippen LogP contribution is 2.46. The molecule has 1 aliphatic rings. The van der Waals surface area contributed by atoms with Crippen LogP contribution in [0.15, 0.2) is 30.3 Å². The molecule has 1 aromatic carbocycles. The minimum atomic E-state index is -1.22. The quantitative estimate of drug-likeness (QED) is 0.746. The maximum absolute atomic E-state index is 5.64. The summed E-state index contributed by atoms with van der Waals surface area (Å²) in [7, 11) is -1.22. The van der Waals surface area contributed by atoms with E-state index in [1.165, 1.54) is 0 Å². The minimum absolute atomic E-state index is 0.216. The summed E-state index contributed by atoms with van der Waals surface area (Å²) in [6.45, 7) is 8.03. The van der Waals surface area contributed by atoms with Gasteiger partial charge in [-0.1, -0.05) is 39.0 Å². The largest absolute Gasteiger partial charge is 0.427 e. The van der Waals surface area contributed by atoms with Crippen LogP contribution in [0.5, 0.6) is 5.75 Å². The normalized spacial score (nSPS) is 25.6. The van der Waals surface area contributed by atoms with Gasteiger partial charge in [0.15, 0.2) is 0 Å². The van der Waals surface area contributed by atoms with Crippen molar-refractivity contribution in [2.45, 2.75) is 20.8 Å². The zero-order valence-corrected chi connectivity index (χ0v) is 11.4. The zero-order chi connectivity index (χ0) is 12.3. The van der Waals surface area contributed by atoms with Crippen molar-refractivity contribution >= 4 is 8.60 Å². The Labute approximate surface area is 104 Å². The summed E-state index contributed by atoms with van der Waals surface area (Å²) in [6.07, 6.45) is 0. The van der Waals surface area contributed by atoms with Crippen molar-refractivity contribution in [3.05, 3.63) is 30.3 Å². The molecule has 4 heteroatoms. The van der Waals surface area contributed by atoms with Crippen molar-refractivity contribution in [2.24, 2.45) is 11.3 Å². The second-order valence-electron chi connectivity index (χ2n) is 5.28. The molecule has 0 atom stereocenters. The summed E-state index contributed by atoms with van der Waals surface area (Å²) >= 11 is 0. The second kappa shape index (κ2) is 5.34. The van der Waals surface area contributed by atoms with Crippen LogP contribution in [-0.2, 0) is 9.05 Å². The van der Waals surface area contributed by atoms with E-state index in [9.17, 15) is 0 Å². The molecule has 0 amide bonds. The number of benzene rings is 1. The Balaban J connectivity index is 1.84. The van der Waals surface area contributed by atoms with Crippen LogP contribution in [-0.4, -0.2) is 13.2 Å². The molecule has 0 unspecified atom stereocenters. The summed E-state index contributed by atoms with van der Waals surface area (Å²) < 4.78 is 16.9. The highest BCUT2D eigenvalue weighted by atomic mass is 31.2. The molecule has 2 rings (SSSR count). The first kappa shape index (κ1) is 12.8. The molecule has 1 heterocycles. The molecule has 0 aromatic heterocycles. The number of hydrogen-bond acceptors (Lipinski definition) is 3. The Morgan fingerprint density at radius 2 is 1.71 bits per heavy atom. The first-order chi connectivity index (χ1) is 8.05. The Bertz CT molecular complexity index is 339. The van der Waals surface area contributed by atoms with Gasteiger partial charge in [-0.2, -0.15) is 0 Å². The topological polar surface area (TPSA) is 27.7 Å². The van der Waals surface area contributed by atoms with E-state index < -0.39 is 8.60 Å². The fraction of sp³-hybridized carbons (Fsp3) is 0.538. The van der Waals surface area contributed by atoms with Gasteiger partial charge in [0.1, 0.15) is 5.75 Å². The predicted molar refractivity (Wildman–Crippen MR) is 68.8 cm³/mol. The maximum Gasteiger partial charge on any atom is 0.397 e. The molecular formula is C13H19O3P. The molecule has 0 N–H and O–H groups in total. The molecule has 1 aliphatic heterocycles. The van der Waals surface area contributed by atoms with Gasteiger partial charge in [-0.05, 0) is 17.5 Å². The lowest BCUT2D eigenvalue weighted by Crippen LogP contribution is -2.32. The molecule has 0 aliphatic carbocycles. The van der Waals surface area contributed by atoms with Gasteiger partial charge in [0.25, 0.3) is 0 Å². The molecule has 3 nitrogen and oxygen atoms in total. The average Bonchev–Trinajstić information content (AvgIpc) is 2.30. The summed E-state index contributed by atoms with van der Waals surface area (Å²) in [5.41, 5.74) is 0.216. The molecule has 1 aromatic rings. The highest BCUT2D eigenvalue weighted by molar-refractivity contribution is 7.42. The van der Waals surface area contributed by atoms with E-state index in [2.05, 4.69) is 20.8 Å². The summed E-state index contributed by atoms with van der Waals surface area (Å²) in [6, 6.07) is 9.65. The van der Waals surface area contributed by atoms with Crippen molar-refractivity contribution in [2.75, 3.05) is 13.2 Å². The minimum Gasteiger partial charge on any atom is -0.427 e. The first-order valence-electron chi connectivity index (χ1n) is 5.85.